The lowest BCUT2D eigenvalue weighted by Crippen LogP contribution is -2.30. The SMILES string of the molecule is CCc1ccc(CN(C)C(=O)Cn2nnc(-c3ccc(CC)cc3)n2)cc1. The van der Waals surface area contributed by atoms with Gasteiger partial charge in [-0.3, -0.25) is 4.79 Å². The fourth-order valence-electron chi connectivity index (χ4n) is 2.80. The van der Waals surface area contributed by atoms with Crippen LogP contribution in [0.4, 0.5) is 0 Å². The van der Waals surface area contributed by atoms with Gasteiger partial charge in [0.05, 0.1) is 0 Å². The molecular formula is C21H25N5O. The standard InChI is InChI=1S/C21H25N5O/c1-4-16-6-8-18(9-7-16)14-25(3)20(27)15-26-23-21(22-24-26)19-12-10-17(5-2)11-13-19/h6-13H,4-5,14-15H2,1-3H3. The highest BCUT2D eigenvalue weighted by atomic mass is 16.2. The van der Waals surface area contributed by atoms with Crippen LogP contribution in [0.15, 0.2) is 48.5 Å². The van der Waals surface area contributed by atoms with Gasteiger partial charge in [-0.2, -0.15) is 4.80 Å². The Kier molecular flexibility index (Phi) is 5.96. The van der Waals surface area contributed by atoms with Crippen molar-refractivity contribution in [1.82, 2.24) is 25.1 Å². The van der Waals surface area contributed by atoms with E-state index in [0.29, 0.717) is 12.4 Å². The van der Waals surface area contributed by atoms with Crippen molar-refractivity contribution in [2.24, 2.45) is 0 Å². The van der Waals surface area contributed by atoms with Crippen LogP contribution < -0.4 is 0 Å². The fourth-order valence-corrected chi connectivity index (χ4v) is 2.80. The van der Waals surface area contributed by atoms with Gasteiger partial charge >= 0.3 is 0 Å². The molecule has 0 saturated heterocycles. The Bertz CT molecular complexity index is 884. The minimum atomic E-state index is -0.0557. The van der Waals surface area contributed by atoms with E-state index in [2.05, 4.69) is 65.7 Å². The van der Waals surface area contributed by atoms with Gasteiger partial charge in [0.15, 0.2) is 0 Å². The molecule has 0 aliphatic rings. The number of likely N-dealkylation sites (N-methyl/N-ethyl adjacent to an activating group) is 1. The number of nitrogens with zero attached hydrogens (tertiary/aromatic N) is 5. The van der Waals surface area contributed by atoms with E-state index in [9.17, 15) is 4.79 Å². The summed E-state index contributed by atoms with van der Waals surface area (Å²) >= 11 is 0. The summed E-state index contributed by atoms with van der Waals surface area (Å²) in [5, 5.41) is 12.4. The first-order valence-corrected chi connectivity index (χ1v) is 9.28. The molecule has 27 heavy (non-hydrogen) atoms. The van der Waals surface area contributed by atoms with Crippen LogP contribution >= 0.6 is 0 Å². The highest BCUT2D eigenvalue weighted by Gasteiger charge is 2.13. The zero-order valence-electron chi connectivity index (χ0n) is 16.1. The molecule has 0 spiro atoms. The van der Waals surface area contributed by atoms with Gasteiger partial charge in [-0.05, 0) is 34.7 Å². The van der Waals surface area contributed by atoms with Gasteiger partial charge < -0.3 is 4.90 Å². The number of hydrogen-bond acceptors (Lipinski definition) is 4. The molecular weight excluding hydrogens is 338 g/mol. The third kappa shape index (κ3) is 4.78. The number of rotatable bonds is 7. The molecule has 6 heteroatoms. The fraction of sp³-hybridized carbons (Fsp3) is 0.333. The average Bonchev–Trinajstić information content (AvgIpc) is 3.17. The van der Waals surface area contributed by atoms with Gasteiger partial charge in [-0.25, -0.2) is 0 Å². The Morgan fingerprint density at radius 2 is 1.48 bits per heavy atom. The maximum Gasteiger partial charge on any atom is 0.246 e. The van der Waals surface area contributed by atoms with Crippen molar-refractivity contribution in [3.63, 3.8) is 0 Å². The number of benzene rings is 2. The molecule has 1 aromatic heterocycles. The first kappa shape index (κ1) is 18.8. The molecule has 0 N–H and O–H groups in total. The second-order valence-electron chi connectivity index (χ2n) is 6.61. The number of hydrogen-bond donors (Lipinski definition) is 0. The van der Waals surface area contributed by atoms with Crippen molar-refractivity contribution in [1.29, 1.82) is 0 Å². The lowest BCUT2D eigenvalue weighted by molar-refractivity contribution is -0.131. The second kappa shape index (κ2) is 8.58. The molecule has 1 amide bonds. The molecule has 0 fully saturated rings. The van der Waals surface area contributed by atoms with Crippen LogP contribution in [0.5, 0.6) is 0 Å². The third-order valence-corrected chi connectivity index (χ3v) is 4.63. The number of carbonyl (C=O) groups is 1. The summed E-state index contributed by atoms with van der Waals surface area (Å²) in [6, 6.07) is 16.4. The first-order chi connectivity index (χ1) is 13.1. The smallest absolute Gasteiger partial charge is 0.246 e. The number of amides is 1. The van der Waals surface area contributed by atoms with E-state index in [1.165, 1.54) is 15.9 Å². The third-order valence-electron chi connectivity index (χ3n) is 4.63. The van der Waals surface area contributed by atoms with E-state index < -0.39 is 0 Å². The summed E-state index contributed by atoms with van der Waals surface area (Å²) in [5.74, 6) is 0.475. The van der Waals surface area contributed by atoms with Gasteiger partial charge in [-0.1, -0.05) is 62.4 Å². The predicted octanol–water partition coefficient (Wildman–Crippen LogP) is 3.12. The number of aryl methyl sites for hydroxylation is 2. The van der Waals surface area contributed by atoms with E-state index in [1.54, 1.807) is 11.9 Å². The second-order valence-corrected chi connectivity index (χ2v) is 6.61. The zero-order chi connectivity index (χ0) is 19.2. The van der Waals surface area contributed by atoms with Crippen LogP contribution in [0.25, 0.3) is 11.4 Å². The molecule has 0 aliphatic carbocycles. The maximum atomic E-state index is 12.5. The van der Waals surface area contributed by atoms with E-state index in [4.69, 9.17) is 0 Å². The number of tetrazole rings is 1. The predicted molar refractivity (Wildman–Crippen MR) is 105 cm³/mol. The zero-order valence-corrected chi connectivity index (χ0v) is 16.1. The molecule has 6 nitrogen and oxygen atoms in total. The number of aromatic nitrogens is 4. The highest BCUT2D eigenvalue weighted by Crippen LogP contribution is 2.15. The lowest BCUT2D eigenvalue weighted by atomic mass is 10.1. The highest BCUT2D eigenvalue weighted by molar-refractivity contribution is 5.75. The summed E-state index contributed by atoms with van der Waals surface area (Å²) in [5.41, 5.74) is 4.55. The average molecular weight is 363 g/mol. The van der Waals surface area contributed by atoms with Crippen molar-refractivity contribution < 1.29 is 4.79 Å². The monoisotopic (exact) mass is 363 g/mol. The van der Waals surface area contributed by atoms with E-state index in [0.717, 1.165) is 24.0 Å². The molecule has 0 unspecified atom stereocenters. The van der Waals surface area contributed by atoms with Gasteiger partial charge in [0, 0.05) is 19.2 Å². The largest absolute Gasteiger partial charge is 0.340 e. The van der Waals surface area contributed by atoms with Gasteiger partial charge in [-0.15, -0.1) is 10.2 Å². The minimum Gasteiger partial charge on any atom is -0.340 e. The van der Waals surface area contributed by atoms with Gasteiger partial charge in [0.25, 0.3) is 0 Å². The Morgan fingerprint density at radius 1 is 0.926 bits per heavy atom. The molecule has 140 valence electrons. The van der Waals surface area contributed by atoms with Crippen LogP contribution in [-0.4, -0.2) is 38.1 Å². The number of carbonyl (C=O) groups excluding carboxylic acids is 1. The molecule has 0 bridgehead atoms. The van der Waals surface area contributed by atoms with E-state index in [1.807, 2.05) is 12.1 Å². The van der Waals surface area contributed by atoms with Crippen LogP contribution in [0.3, 0.4) is 0 Å². The molecule has 3 rings (SSSR count). The van der Waals surface area contributed by atoms with E-state index >= 15 is 0 Å². The summed E-state index contributed by atoms with van der Waals surface area (Å²) in [4.78, 5) is 15.5. The quantitative estimate of drug-likeness (QED) is 0.647. The Labute approximate surface area is 159 Å². The Balaban J connectivity index is 1.60. The summed E-state index contributed by atoms with van der Waals surface area (Å²) in [6.45, 7) is 4.87. The normalized spacial score (nSPS) is 10.8. The molecule has 2 aromatic carbocycles. The van der Waals surface area contributed by atoms with Gasteiger partial charge in [0.2, 0.25) is 11.7 Å². The van der Waals surface area contributed by atoms with Crippen LogP contribution in [0, 0.1) is 0 Å². The topological polar surface area (TPSA) is 63.9 Å². The summed E-state index contributed by atoms with van der Waals surface area (Å²) < 4.78 is 0. The lowest BCUT2D eigenvalue weighted by Gasteiger charge is -2.17. The summed E-state index contributed by atoms with van der Waals surface area (Å²) in [7, 11) is 1.79. The molecule has 0 radical (unpaired) electrons. The van der Waals surface area contributed by atoms with Gasteiger partial charge in [0.1, 0.15) is 6.54 Å². The molecule has 3 aromatic rings. The van der Waals surface area contributed by atoms with Crippen LogP contribution in [0.2, 0.25) is 0 Å². The van der Waals surface area contributed by atoms with Crippen molar-refractivity contribution in [3.05, 3.63) is 65.2 Å². The van der Waals surface area contributed by atoms with Crippen molar-refractivity contribution in [2.45, 2.75) is 39.8 Å². The Morgan fingerprint density at radius 3 is 2.07 bits per heavy atom. The van der Waals surface area contributed by atoms with Crippen molar-refractivity contribution in [2.75, 3.05) is 7.05 Å². The molecule has 0 saturated carbocycles. The minimum absolute atomic E-state index is 0.0557. The maximum absolute atomic E-state index is 12.5. The van der Waals surface area contributed by atoms with Crippen molar-refractivity contribution in [3.8, 4) is 11.4 Å². The Hall–Kier alpha value is -3.02. The molecule has 0 atom stereocenters. The summed E-state index contributed by atoms with van der Waals surface area (Å²) in [6.07, 6.45) is 2.00. The van der Waals surface area contributed by atoms with Crippen molar-refractivity contribution >= 4 is 5.91 Å². The van der Waals surface area contributed by atoms with Crippen LogP contribution in [-0.2, 0) is 30.7 Å². The first-order valence-electron chi connectivity index (χ1n) is 9.28. The molecule has 1 heterocycles. The molecule has 0 aliphatic heterocycles. The van der Waals surface area contributed by atoms with E-state index in [-0.39, 0.29) is 12.5 Å². The van der Waals surface area contributed by atoms with Crippen LogP contribution in [0.1, 0.15) is 30.5 Å².